The molecule has 0 fully saturated rings. The molecule has 1 unspecified atom stereocenters. The fourth-order valence-electron chi connectivity index (χ4n) is 3.53. The van der Waals surface area contributed by atoms with Crippen LogP contribution in [0.5, 0.6) is 5.75 Å². The number of hydrogen-bond donors (Lipinski definition) is 1. The SMILES string of the molecule is CC1(c2cccc(OC(F)(F)F)c2)CN(C[C@@H](O)C(F)(F)F)c2ccccc21. The van der Waals surface area contributed by atoms with Gasteiger partial charge in [-0.2, -0.15) is 13.2 Å². The molecule has 0 saturated heterocycles. The first kappa shape index (κ1) is 20.3. The predicted octanol–water partition coefficient (Wildman–Crippen LogP) is 4.63. The van der Waals surface area contributed by atoms with Gasteiger partial charge in [-0.25, -0.2) is 0 Å². The Balaban J connectivity index is 1.97. The summed E-state index contributed by atoms with van der Waals surface area (Å²) < 4.78 is 80.0. The van der Waals surface area contributed by atoms with Crippen molar-refractivity contribution in [2.75, 3.05) is 18.0 Å². The van der Waals surface area contributed by atoms with Crippen LogP contribution >= 0.6 is 0 Å². The molecule has 0 radical (unpaired) electrons. The first-order valence-corrected chi connectivity index (χ1v) is 8.36. The van der Waals surface area contributed by atoms with Crippen molar-refractivity contribution in [1.82, 2.24) is 0 Å². The van der Waals surface area contributed by atoms with Gasteiger partial charge in [-0.15, -0.1) is 13.2 Å². The van der Waals surface area contributed by atoms with Crippen LogP contribution in [-0.4, -0.2) is 36.8 Å². The van der Waals surface area contributed by atoms with Gasteiger partial charge >= 0.3 is 12.5 Å². The first-order valence-electron chi connectivity index (χ1n) is 8.36. The molecule has 0 bridgehead atoms. The minimum atomic E-state index is -4.85. The Morgan fingerprint density at radius 1 is 1.07 bits per heavy atom. The summed E-state index contributed by atoms with van der Waals surface area (Å²) in [6.07, 6.45) is -12.2. The summed E-state index contributed by atoms with van der Waals surface area (Å²) in [6.45, 7) is 1.13. The third-order valence-corrected chi connectivity index (χ3v) is 4.82. The first-order chi connectivity index (χ1) is 12.9. The zero-order valence-electron chi connectivity index (χ0n) is 14.7. The van der Waals surface area contributed by atoms with E-state index in [0.717, 1.165) is 6.07 Å². The lowest BCUT2D eigenvalue weighted by Gasteiger charge is -2.29. The van der Waals surface area contributed by atoms with E-state index in [1.807, 2.05) is 0 Å². The number of fused-ring (bicyclic) bond motifs is 1. The zero-order valence-corrected chi connectivity index (χ0v) is 14.7. The highest BCUT2D eigenvalue weighted by Crippen LogP contribution is 2.46. The van der Waals surface area contributed by atoms with Crippen LogP contribution in [0.2, 0.25) is 0 Å². The van der Waals surface area contributed by atoms with Crippen molar-refractivity contribution in [1.29, 1.82) is 0 Å². The Bertz CT molecular complexity index is 851. The second-order valence-corrected chi connectivity index (χ2v) is 6.86. The normalized spacial score (nSPS) is 20.8. The summed E-state index contributed by atoms with van der Waals surface area (Å²) in [6, 6.07) is 12.1. The maximum absolute atomic E-state index is 12.8. The van der Waals surface area contributed by atoms with Gasteiger partial charge in [-0.3, -0.25) is 0 Å². The predicted molar refractivity (Wildman–Crippen MR) is 90.3 cm³/mol. The van der Waals surface area contributed by atoms with Gasteiger partial charge in [0.15, 0.2) is 6.10 Å². The van der Waals surface area contributed by atoms with E-state index in [-0.39, 0.29) is 6.54 Å². The van der Waals surface area contributed by atoms with Gasteiger partial charge in [0.05, 0.1) is 6.54 Å². The molecule has 28 heavy (non-hydrogen) atoms. The number of benzene rings is 2. The summed E-state index contributed by atoms with van der Waals surface area (Å²) in [4.78, 5) is 1.39. The van der Waals surface area contributed by atoms with Crippen LogP contribution in [0.4, 0.5) is 32.0 Å². The molecule has 3 nitrogen and oxygen atoms in total. The Hall–Kier alpha value is -2.42. The van der Waals surface area contributed by atoms with Crippen LogP contribution in [0, 0.1) is 0 Å². The minimum absolute atomic E-state index is 0.0644. The van der Waals surface area contributed by atoms with Gasteiger partial charge < -0.3 is 14.7 Å². The third kappa shape index (κ3) is 4.04. The van der Waals surface area contributed by atoms with E-state index in [2.05, 4.69) is 4.74 Å². The van der Waals surface area contributed by atoms with E-state index in [4.69, 9.17) is 0 Å². The Kier molecular flexibility index (Phi) is 4.99. The summed E-state index contributed by atoms with van der Waals surface area (Å²) in [5.41, 5.74) is 0.738. The van der Waals surface area contributed by atoms with Crippen molar-refractivity contribution in [3.63, 3.8) is 0 Å². The van der Waals surface area contributed by atoms with Crippen molar-refractivity contribution >= 4 is 5.69 Å². The van der Waals surface area contributed by atoms with E-state index in [0.29, 0.717) is 16.8 Å². The average molecular weight is 405 g/mol. The van der Waals surface area contributed by atoms with Gasteiger partial charge in [0, 0.05) is 17.6 Å². The average Bonchev–Trinajstić information content (AvgIpc) is 2.87. The highest BCUT2D eigenvalue weighted by molar-refractivity contribution is 5.66. The standard InChI is InChI=1S/C19H17F6NO2/c1-17(12-5-4-6-13(9-12)28-19(23,24)25)11-26(10-16(27)18(20,21)22)15-8-3-2-7-14(15)17/h2-9,16,27H,10-11H2,1H3/t16-,17?/m1/s1. The number of rotatable bonds is 4. The Labute approximate surface area is 157 Å². The fraction of sp³-hybridized carbons (Fsp3) is 0.368. The number of hydrogen-bond acceptors (Lipinski definition) is 3. The topological polar surface area (TPSA) is 32.7 Å². The quantitative estimate of drug-likeness (QED) is 0.753. The van der Waals surface area contributed by atoms with Gasteiger partial charge in [-0.1, -0.05) is 30.3 Å². The maximum Gasteiger partial charge on any atom is 0.573 e. The van der Waals surface area contributed by atoms with Crippen LogP contribution in [0.1, 0.15) is 18.1 Å². The molecule has 1 N–H and O–H groups in total. The number of ether oxygens (including phenoxy) is 1. The fourth-order valence-corrected chi connectivity index (χ4v) is 3.53. The van der Waals surface area contributed by atoms with Crippen LogP contribution in [0.15, 0.2) is 48.5 Å². The molecule has 0 aromatic heterocycles. The monoisotopic (exact) mass is 405 g/mol. The van der Waals surface area contributed by atoms with E-state index in [1.54, 1.807) is 37.3 Å². The molecule has 0 spiro atoms. The molecule has 1 aliphatic rings. The van der Waals surface area contributed by atoms with Crippen molar-refractivity contribution < 1.29 is 36.2 Å². The van der Waals surface area contributed by atoms with Crippen LogP contribution in [-0.2, 0) is 5.41 Å². The Morgan fingerprint density at radius 2 is 1.75 bits per heavy atom. The minimum Gasteiger partial charge on any atom is -0.406 e. The van der Waals surface area contributed by atoms with Crippen molar-refractivity contribution in [2.45, 2.75) is 31.0 Å². The number of aliphatic hydroxyl groups excluding tert-OH is 1. The van der Waals surface area contributed by atoms with Gasteiger partial charge in [0.1, 0.15) is 5.75 Å². The maximum atomic E-state index is 12.8. The molecule has 152 valence electrons. The Morgan fingerprint density at radius 3 is 2.39 bits per heavy atom. The van der Waals surface area contributed by atoms with Crippen molar-refractivity contribution in [3.05, 3.63) is 59.7 Å². The molecule has 2 atom stereocenters. The summed E-state index contributed by atoms with van der Waals surface area (Å²) in [5, 5.41) is 9.47. The number of aliphatic hydroxyl groups is 1. The number of halogens is 6. The van der Waals surface area contributed by atoms with Crippen LogP contribution in [0.3, 0.4) is 0 Å². The third-order valence-electron chi connectivity index (χ3n) is 4.82. The second kappa shape index (κ2) is 6.88. The summed E-state index contributed by atoms with van der Waals surface area (Å²) in [5.74, 6) is -0.405. The number of anilines is 1. The molecule has 1 aliphatic heterocycles. The van der Waals surface area contributed by atoms with E-state index < -0.39 is 36.4 Å². The van der Waals surface area contributed by atoms with Gasteiger partial charge in [-0.05, 0) is 36.2 Å². The largest absolute Gasteiger partial charge is 0.573 e. The summed E-state index contributed by atoms with van der Waals surface area (Å²) >= 11 is 0. The van der Waals surface area contributed by atoms with Crippen LogP contribution < -0.4 is 9.64 Å². The lowest BCUT2D eigenvalue weighted by Crippen LogP contribution is -2.42. The lowest BCUT2D eigenvalue weighted by molar-refractivity contribution is -0.274. The van der Waals surface area contributed by atoms with E-state index in [9.17, 15) is 31.4 Å². The number of nitrogens with zero attached hydrogens (tertiary/aromatic N) is 1. The molecule has 3 rings (SSSR count). The molecule has 0 aliphatic carbocycles. The molecule has 0 amide bonds. The highest BCUT2D eigenvalue weighted by Gasteiger charge is 2.45. The van der Waals surface area contributed by atoms with Crippen LogP contribution in [0.25, 0.3) is 0 Å². The number of β-amino-alcohol motifs (C(OH)–C–C–N with tert-alkyl or cyclic N) is 1. The number of para-hydroxylation sites is 1. The smallest absolute Gasteiger partial charge is 0.406 e. The van der Waals surface area contributed by atoms with E-state index in [1.165, 1.54) is 17.0 Å². The van der Waals surface area contributed by atoms with E-state index >= 15 is 0 Å². The second-order valence-electron chi connectivity index (χ2n) is 6.86. The molecular formula is C19H17F6NO2. The van der Waals surface area contributed by atoms with Crippen molar-refractivity contribution in [3.8, 4) is 5.75 Å². The lowest BCUT2D eigenvalue weighted by atomic mass is 9.78. The van der Waals surface area contributed by atoms with Gasteiger partial charge in [0.25, 0.3) is 0 Å². The summed E-state index contributed by atoms with van der Waals surface area (Å²) in [7, 11) is 0. The molecule has 0 saturated carbocycles. The highest BCUT2D eigenvalue weighted by atomic mass is 19.4. The molecule has 2 aromatic carbocycles. The molecular weight excluding hydrogens is 388 g/mol. The molecule has 1 heterocycles. The number of alkyl halides is 6. The zero-order chi connectivity index (χ0) is 20.7. The van der Waals surface area contributed by atoms with Gasteiger partial charge in [0.2, 0.25) is 0 Å². The van der Waals surface area contributed by atoms with Crippen molar-refractivity contribution in [2.24, 2.45) is 0 Å². The molecule has 9 heteroatoms. The molecule has 2 aromatic rings.